The van der Waals surface area contributed by atoms with Crippen LogP contribution >= 0.6 is 0 Å². The first-order valence-corrected chi connectivity index (χ1v) is 5.00. The van der Waals surface area contributed by atoms with Crippen molar-refractivity contribution in [3.8, 4) is 0 Å². The third-order valence-electron chi connectivity index (χ3n) is 1.83. The highest BCUT2D eigenvalue weighted by molar-refractivity contribution is 5.82. The molecule has 0 aliphatic heterocycles. The molecule has 0 radical (unpaired) electrons. The van der Waals surface area contributed by atoms with E-state index in [-0.39, 0.29) is 25.1 Å². The number of H-pyrrole nitrogens is 1. The maximum atomic E-state index is 11.5. The van der Waals surface area contributed by atoms with E-state index in [9.17, 15) is 4.79 Å². The molecular weight excluding hydrogens is 212 g/mol. The molecule has 0 saturated heterocycles. The second kappa shape index (κ2) is 6.13. The lowest BCUT2D eigenvalue weighted by molar-refractivity contribution is -0.124. The molecule has 0 saturated carbocycles. The van der Waals surface area contributed by atoms with Gasteiger partial charge in [0, 0.05) is 6.04 Å². The molecule has 1 amide bonds. The maximum Gasteiger partial charge on any atom is 0.239 e. The van der Waals surface area contributed by atoms with Crippen LogP contribution in [-0.2, 0) is 11.3 Å². The van der Waals surface area contributed by atoms with Crippen molar-refractivity contribution in [1.82, 2.24) is 31.3 Å². The van der Waals surface area contributed by atoms with Crippen LogP contribution in [0.2, 0.25) is 0 Å². The van der Waals surface area contributed by atoms with Crippen molar-refractivity contribution >= 4 is 5.91 Å². The van der Waals surface area contributed by atoms with Crippen molar-refractivity contribution in [2.24, 2.45) is 0 Å². The molecule has 4 N–H and O–H groups in total. The summed E-state index contributed by atoms with van der Waals surface area (Å²) in [5, 5.41) is 27.7. The summed E-state index contributed by atoms with van der Waals surface area (Å²) in [7, 11) is 0. The summed E-state index contributed by atoms with van der Waals surface area (Å²) in [6.07, 6.45) is 0. The first-order valence-electron chi connectivity index (χ1n) is 5.00. The Bertz CT molecular complexity index is 312. The van der Waals surface area contributed by atoms with Gasteiger partial charge < -0.3 is 10.4 Å². The van der Waals surface area contributed by atoms with Crippen molar-refractivity contribution in [3.05, 3.63) is 5.82 Å². The molecule has 16 heavy (non-hydrogen) atoms. The normalized spacial score (nSPS) is 12.8. The van der Waals surface area contributed by atoms with Crippen LogP contribution in [0.3, 0.4) is 0 Å². The molecule has 0 fully saturated rings. The Labute approximate surface area is 92.8 Å². The molecule has 0 spiro atoms. The Morgan fingerprint density at radius 1 is 1.56 bits per heavy atom. The van der Waals surface area contributed by atoms with E-state index in [1.54, 1.807) is 0 Å². The van der Waals surface area contributed by atoms with Crippen LogP contribution in [0.15, 0.2) is 0 Å². The molecule has 0 bridgehead atoms. The number of hydrogen-bond donors (Lipinski definition) is 4. The smallest absolute Gasteiger partial charge is 0.239 e. The molecule has 1 rings (SSSR count). The van der Waals surface area contributed by atoms with E-state index >= 15 is 0 Å². The predicted octanol–water partition coefficient (Wildman–Crippen LogP) is -1.83. The van der Waals surface area contributed by atoms with Gasteiger partial charge in [0.2, 0.25) is 5.91 Å². The average molecular weight is 228 g/mol. The number of carbonyl (C=O) groups excluding carboxylic acids is 1. The van der Waals surface area contributed by atoms with Crippen LogP contribution in [0, 0.1) is 0 Å². The van der Waals surface area contributed by atoms with Gasteiger partial charge in [-0.05, 0) is 13.8 Å². The first-order chi connectivity index (χ1) is 7.63. The summed E-state index contributed by atoms with van der Waals surface area (Å²) in [6, 6.07) is -0.630. The van der Waals surface area contributed by atoms with Crippen LogP contribution in [0.5, 0.6) is 0 Å². The van der Waals surface area contributed by atoms with Crippen molar-refractivity contribution in [2.45, 2.75) is 32.5 Å². The standard InChI is InChI=1S/C8H16N6O2/c1-5(2)10-8(16)6(4-15)9-3-7-11-13-14-12-7/h5-6,9,15H,3-4H2,1-2H3,(H,10,16)(H,11,12,13,14)/t6-/m0/s1. The third kappa shape index (κ3) is 3.91. The Kier molecular flexibility index (Phi) is 4.80. The molecule has 1 aromatic rings. The second-order valence-corrected chi connectivity index (χ2v) is 3.61. The number of nitrogens with one attached hydrogen (secondary N) is 3. The molecule has 1 heterocycles. The summed E-state index contributed by atoms with van der Waals surface area (Å²) in [4.78, 5) is 11.5. The van der Waals surface area contributed by atoms with Gasteiger partial charge in [-0.1, -0.05) is 5.21 Å². The Hall–Kier alpha value is -1.54. The zero-order valence-corrected chi connectivity index (χ0v) is 9.27. The molecule has 0 aromatic carbocycles. The van der Waals surface area contributed by atoms with Crippen LogP contribution in [0.4, 0.5) is 0 Å². The lowest BCUT2D eigenvalue weighted by Crippen LogP contribution is -2.48. The van der Waals surface area contributed by atoms with Crippen molar-refractivity contribution in [3.63, 3.8) is 0 Å². The number of hydrogen-bond acceptors (Lipinski definition) is 6. The van der Waals surface area contributed by atoms with Gasteiger partial charge in [-0.2, -0.15) is 5.21 Å². The Morgan fingerprint density at radius 2 is 2.31 bits per heavy atom. The minimum Gasteiger partial charge on any atom is -0.394 e. The van der Waals surface area contributed by atoms with Crippen LogP contribution in [0.1, 0.15) is 19.7 Å². The average Bonchev–Trinajstić information content (AvgIpc) is 2.70. The zero-order valence-electron chi connectivity index (χ0n) is 9.27. The van der Waals surface area contributed by atoms with Crippen LogP contribution < -0.4 is 10.6 Å². The lowest BCUT2D eigenvalue weighted by atomic mass is 10.2. The topological polar surface area (TPSA) is 116 Å². The van der Waals surface area contributed by atoms with E-state index in [0.717, 1.165) is 0 Å². The summed E-state index contributed by atoms with van der Waals surface area (Å²) < 4.78 is 0. The lowest BCUT2D eigenvalue weighted by Gasteiger charge is -2.16. The van der Waals surface area contributed by atoms with E-state index in [4.69, 9.17) is 5.11 Å². The van der Waals surface area contributed by atoms with Gasteiger partial charge in [-0.15, -0.1) is 10.2 Å². The summed E-state index contributed by atoms with van der Waals surface area (Å²) in [6.45, 7) is 3.70. The van der Waals surface area contributed by atoms with Gasteiger partial charge in [0.1, 0.15) is 6.04 Å². The highest BCUT2D eigenvalue weighted by Crippen LogP contribution is 1.89. The predicted molar refractivity (Wildman–Crippen MR) is 55.2 cm³/mol. The highest BCUT2D eigenvalue weighted by Gasteiger charge is 2.17. The van der Waals surface area contributed by atoms with Gasteiger partial charge in [0.05, 0.1) is 13.2 Å². The van der Waals surface area contributed by atoms with E-state index in [1.807, 2.05) is 13.8 Å². The second-order valence-electron chi connectivity index (χ2n) is 3.61. The zero-order chi connectivity index (χ0) is 12.0. The number of nitrogens with zero attached hydrogens (tertiary/aromatic N) is 3. The monoisotopic (exact) mass is 228 g/mol. The fourth-order valence-electron chi connectivity index (χ4n) is 1.10. The number of aromatic nitrogens is 4. The maximum absolute atomic E-state index is 11.5. The summed E-state index contributed by atoms with van der Waals surface area (Å²) in [5.74, 6) is 0.191. The van der Waals surface area contributed by atoms with Crippen molar-refractivity contribution in [1.29, 1.82) is 0 Å². The van der Waals surface area contributed by atoms with Gasteiger partial charge in [0.25, 0.3) is 0 Å². The van der Waals surface area contributed by atoms with E-state index < -0.39 is 6.04 Å². The van der Waals surface area contributed by atoms with Gasteiger partial charge in [0.15, 0.2) is 5.82 Å². The number of aromatic amines is 1. The SMILES string of the molecule is CC(C)NC(=O)[C@H](CO)NCc1nn[nH]n1. The Balaban J connectivity index is 2.39. The molecular formula is C8H16N6O2. The van der Waals surface area contributed by atoms with Gasteiger partial charge >= 0.3 is 0 Å². The molecule has 90 valence electrons. The molecule has 1 aromatic heterocycles. The minimum absolute atomic E-state index is 0.0357. The fourth-order valence-corrected chi connectivity index (χ4v) is 1.10. The Morgan fingerprint density at radius 3 is 2.81 bits per heavy atom. The quantitative estimate of drug-likeness (QED) is 0.455. The summed E-state index contributed by atoms with van der Waals surface area (Å²) >= 11 is 0. The molecule has 8 heteroatoms. The van der Waals surface area contributed by atoms with Crippen molar-refractivity contribution in [2.75, 3.05) is 6.61 Å². The molecule has 0 aliphatic carbocycles. The summed E-state index contributed by atoms with van der Waals surface area (Å²) in [5.41, 5.74) is 0. The van der Waals surface area contributed by atoms with E-state index in [1.165, 1.54) is 0 Å². The van der Waals surface area contributed by atoms with Gasteiger partial charge in [-0.3, -0.25) is 10.1 Å². The van der Waals surface area contributed by atoms with Crippen molar-refractivity contribution < 1.29 is 9.90 Å². The van der Waals surface area contributed by atoms with Crippen LogP contribution in [-0.4, -0.2) is 50.3 Å². The number of tetrazole rings is 1. The number of aliphatic hydroxyl groups excluding tert-OH is 1. The highest BCUT2D eigenvalue weighted by atomic mass is 16.3. The molecule has 0 aliphatic rings. The first kappa shape index (κ1) is 12.5. The fraction of sp³-hybridized carbons (Fsp3) is 0.750. The number of carbonyl (C=O) groups is 1. The third-order valence-corrected chi connectivity index (χ3v) is 1.83. The largest absolute Gasteiger partial charge is 0.394 e. The van der Waals surface area contributed by atoms with Crippen LogP contribution in [0.25, 0.3) is 0 Å². The molecule has 8 nitrogen and oxygen atoms in total. The molecule has 0 unspecified atom stereocenters. The van der Waals surface area contributed by atoms with Gasteiger partial charge in [-0.25, -0.2) is 0 Å². The number of rotatable bonds is 6. The number of amides is 1. The number of aliphatic hydroxyl groups is 1. The van der Waals surface area contributed by atoms with E-state index in [0.29, 0.717) is 5.82 Å². The molecule has 1 atom stereocenters. The minimum atomic E-state index is -0.666. The van der Waals surface area contributed by atoms with E-state index in [2.05, 4.69) is 31.3 Å².